The second-order valence-electron chi connectivity index (χ2n) is 7.61. The standard InChI is InChI=1S/C26H21IN2O3S/c1-3-31-22-13-17(12-19(27)24(22)32-15-18-9-5-4-8-16(18)2)14-23-25(30)29-21-11-7-6-10-20(21)28-26(29)33-23/h4-14H,3,15H2,1-2H3. The first-order chi connectivity index (χ1) is 16.0. The van der Waals surface area contributed by atoms with E-state index in [1.54, 1.807) is 4.40 Å². The highest BCUT2D eigenvalue weighted by atomic mass is 127. The minimum Gasteiger partial charge on any atom is -0.490 e. The first kappa shape index (κ1) is 21.9. The molecule has 5 aromatic rings. The van der Waals surface area contributed by atoms with E-state index in [1.165, 1.54) is 16.9 Å². The summed E-state index contributed by atoms with van der Waals surface area (Å²) >= 11 is 3.65. The third-order valence-corrected chi connectivity index (χ3v) is 7.18. The van der Waals surface area contributed by atoms with Gasteiger partial charge in [-0.3, -0.25) is 4.79 Å². The van der Waals surface area contributed by atoms with Crippen molar-refractivity contribution in [2.45, 2.75) is 20.5 Å². The van der Waals surface area contributed by atoms with Crippen LogP contribution in [0.2, 0.25) is 0 Å². The molecule has 0 aliphatic carbocycles. The zero-order chi connectivity index (χ0) is 22.9. The zero-order valence-corrected chi connectivity index (χ0v) is 21.1. The first-order valence-electron chi connectivity index (χ1n) is 10.6. The van der Waals surface area contributed by atoms with Gasteiger partial charge in [-0.2, -0.15) is 0 Å². The molecule has 5 rings (SSSR count). The molecule has 0 saturated heterocycles. The summed E-state index contributed by atoms with van der Waals surface area (Å²) in [4.78, 5) is 18.4. The molecule has 0 amide bonds. The number of benzene rings is 3. The Kier molecular flexibility index (Phi) is 6.07. The average molecular weight is 568 g/mol. The van der Waals surface area contributed by atoms with Gasteiger partial charge in [-0.1, -0.05) is 47.7 Å². The van der Waals surface area contributed by atoms with Crippen LogP contribution in [0.5, 0.6) is 11.5 Å². The van der Waals surface area contributed by atoms with Gasteiger partial charge in [0.2, 0.25) is 0 Å². The Hall–Kier alpha value is -2.91. The van der Waals surface area contributed by atoms with Crippen LogP contribution in [0.25, 0.3) is 22.1 Å². The van der Waals surface area contributed by atoms with Crippen molar-refractivity contribution in [2.75, 3.05) is 6.61 Å². The monoisotopic (exact) mass is 568 g/mol. The number of nitrogens with zero attached hydrogens (tertiary/aromatic N) is 2. The molecule has 0 unspecified atom stereocenters. The largest absolute Gasteiger partial charge is 0.490 e. The van der Waals surface area contributed by atoms with Crippen LogP contribution < -0.4 is 19.6 Å². The van der Waals surface area contributed by atoms with Gasteiger partial charge in [-0.05, 0) is 83.5 Å². The second-order valence-corrected chi connectivity index (χ2v) is 9.78. The minimum absolute atomic E-state index is 0.0588. The van der Waals surface area contributed by atoms with E-state index in [9.17, 15) is 4.79 Å². The Bertz CT molecular complexity index is 1590. The number of fused-ring (bicyclic) bond motifs is 3. The van der Waals surface area contributed by atoms with Crippen LogP contribution in [0.1, 0.15) is 23.6 Å². The molecule has 0 fully saturated rings. The lowest BCUT2D eigenvalue weighted by Gasteiger charge is -2.15. The van der Waals surface area contributed by atoms with E-state index in [0.29, 0.717) is 34.2 Å². The molecule has 0 saturated carbocycles. The molecule has 5 nitrogen and oxygen atoms in total. The fourth-order valence-electron chi connectivity index (χ4n) is 3.76. The van der Waals surface area contributed by atoms with Gasteiger partial charge in [0.05, 0.1) is 25.7 Å². The minimum atomic E-state index is -0.0588. The van der Waals surface area contributed by atoms with Crippen LogP contribution in [0.4, 0.5) is 0 Å². The number of hydrogen-bond donors (Lipinski definition) is 0. The van der Waals surface area contributed by atoms with Gasteiger partial charge in [0, 0.05) is 0 Å². The van der Waals surface area contributed by atoms with E-state index in [4.69, 9.17) is 9.47 Å². The van der Waals surface area contributed by atoms with E-state index in [-0.39, 0.29) is 5.56 Å². The Morgan fingerprint density at radius 1 is 1.09 bits per heavy atom. The Balaban J connectivity index is 1.54. The number of halogens is 1. The van der Waals surface area contributed by atoms with Gasteiger partial charge in [0.25, 0.3) is 5.56 Å². The molecule has 2 heterocycles. The maximum atomic E-state index is 13.1. The molecule has 0 N–H and O–H groups in total. The molecule has 33 heavy (non-hydrogen) atoms. The molecule has 166 valence electrons. The fraction of sp³-hybridized carbons (Fsp3) is 0.154. The smallest absolute Gasteiger partial charge is 0.274 e. The Morgan fingerprint density at radius 2 is 1.88 bits per heavy atom. The molecule has 0 spiro atoms. The number of aromatic nitrogens is 2. The number of ether oxygens (including phenoxy) is 2. The number of hydrogen-bond acceptors (Lipinski definition) is 5. The quantitative estimate of drug-likeness (QED) is 0.260. The number of aryl methyl sites for hydroxylation is 1. The fourth-order valence-corrected chi connectivity index (χ4v) is 5.53. The number of para-hydroxylation sites is 2. The topological polar surface area (TPSA) is 52.8 Å². The van der Waals surface area contributed by atoms with Crippen molar-refractivity contribution in [1.29, 1.82) is 0 Å². The second kappa shape index (κ2) is 9.15. The normalized spacial score (nSPS) is 12.0. The van der Waals surface area contributed by atoms with Gasteiger partial charge in [-0.25, -0.2) is 9.38 Å². The van der Waals surface area contributed by atoms with Crippen molar-refractivity contribution < 1.29 is 9.47 Å². The number of imidazole rings is 1. The van der Waals surface area contributed by atoms with Crippen molar-refractivity contribution in [2.24, 2.45) is 0 Å². The molecule has 0 bridgehead atoms. The van der Waals surface area contributed by atoms with Crippen molar-refractivity contribution in [1.82, 2.24) is 9.38 Å². The highest BCUT2D eigenvalue weighted by Crippen LogP contribution is 2.35. The van der Waals surface area contributed by atoms with Gasteiger partial charge in [0.1, 0.15) is 6.61 Å². The summed E-state index contributed by atoms with van der Waals surface area (Å²) in [5.74, 6) is 1.38. The molecule has 0 aliphatic heterocycles. The summed E-state index contributed by atoms with van der Waals surface area (Å²) in [6, 6.07) is 19.8. The summed E-state index contributed by atoms with van der Waals surface area (Å²) in [5, 5.41) is 0. The van der Waals surface area contributed by atoms with Crippen molar-refractivity contribution in [3.63, 3.8) is 0 Å². The first-order valence-corrected chi connectivity index (χ1v) is 12.5. The maximum Gasteiger partial charge on any atom is 0.274 e. The molecular formula is C26H21IN2O3S. The van der Waals surface area contributed by atoms with Gasteiger partial charge >= 0.3 is 0 Å². The summed E-state index contributed by atoms with van der Waals surface area (Å²) in [5.41, 5.74) is 4.81. The van der Waals surface area contributed by atoms with E-state index in [1.807, 2.05) is 61.5 Å². The van der Waals surface area contributed by atoms with Gasteiger partial charge in [0.15, 0.2) is 16.5 Å². The molecule has 0 radical (unpaired) electrons. The zero-order valence-electron chi connectivity index (χ0n) is 18.2. The van der Waals surface area contributed by atoms with E-state index >= 15 is 0 Å². The van der Waals surface area contributed by atoms with Crippen LogP contribution >= 0.6 is 33.9 Å². The summed E-state index contributed by atoms with van der Waals surface area (Å²) in [6.07, 6.45) is 1.90. The van der Waals surface area contributed by atoms with Crippen LogP contribution in [0.3, 0.4) is 0 Å². The third kappa shape index (κ3) is 4.22. The number of rotatable bonds is 6. The molecule has 3 aromatic carbocycles. The van der Waals surface area contributed by atoms with Crippen molar-refractivity contribution in [3.05, 3.63) is 95.8 Å². The predicted molar refractivity (Wildman–Crippen MR) is 141 cm³/mol. The molecule has 2 aromatic heterocycles. The van der Waals surface area contributed by atoms with Crippen molar-refractivity contribution in [3.8, 4) is 11.5 Å². The maximum absolute atomic E-state index is 13.1. The Labute approximate surface area is 208 Å². The summed E-state index contributed by atoms with van der Waals surface area (Å²) in [7, 11) is 0. The molecule has 7 heteroatoms. The molecular weight excluding hydrogens is 547 g/mol. The lowest BCUT2D eigenvalue weighted by atomic mass is 10.1. The predicted octanol–water partition coefficient (Wildman–Crippen LogP) is 5.35. The van der Waals surface area contributed by atoms with Crippen LogP contribution in [0.15, 0.2) is 65.5 Å². The summed E-state index contributed by atoms with van der Waals surface area (Å²) < 4.78 is 15.3. The van der Waals surface area contributed by atoms with Crippen LogP contribution in [-0.2, 0) is 6.61 Å². The lowest BCUT2D eigenvalue weighted by Crippen LogP contribution is -2.22. The third-order valence-electron chi connectivity index (χ3n) is 5.41. The van der Waals surface area contributed by atoms with Crippen molar-refractivity contribution >= 4 is 56.0 Å². The van der Waals surface area contributed by atoms with E-state index < -0.39 is 0 Å². The number of thiazole rings is 1. The van der Waals surface area contributed by atoms with Gasteiger partial charge < -0.3 is 9.47 Å². The van der Waals surface area contributed by atoms with E-state index in [0.717, 1.165) is 25.7 Å². The van der Waals surface area contributed by atoms with Crippen LogP contribution in [-0.4, -0.2) is 16.0 Å². The highest BCUT2D eigenvalue weighted by Gasteiger charge is 2.14. The summed E-state index contributed by atoms with van der Waals surface area (Å²) in [6.45, 7) is 5.01. The van der Waals surface area contributed by atoms with Crippen LogP contribution in [0, 0.1) is 10.5 Å². The highest BCUT2D eigenvalue weighted by molar-refractivity contribution is 14.1. The van der Waals surface area contributed by atoms with Gasteiger partial charge in [-0.15, -0.1) is 0 Å². The Morgan fingerprint density at radius 3 is 2.70 bits per heavy atom. The average Bonchev–Trinajstić information content (AvgIpc) is 3.30. The molecule has 0 atom stereocenters. The van der Waals surface area contributed by atoms with E-state index in [2.05, 4.69) is 46.6 Å². The lowest BCUT2D eigenvalue weighted by molar-refractivity contribution is 0.267. The SMILES string of the molecule is CCOc1cc(C=c2sc3nc4ccccc4n3c2=O)cc(I)c1OCc1ccccc1C. The molecule has 0 aliphatic rings.